The number of methoxy groups -OCH3 is 1. The minimum absolute atomic E-state index is 0.0683. The van der Waals surface area contributed by atoms with Gasteiger partial charge >= 0.3 is 0 Å². The zero-order valence-electron chi connectivity index (χ0n) is 8.74. The summed E-state index contributed by atoms with van der Waals surface area (Å²) >= 11 is 0. The van der Waals surface area contributed by atoms with Gasteiger partial charge in [-0.1, -0.05) is 6.92 Å². The van der Waals surface area contributed by atoms with Gasteiger partial charge in [0.1, 0.15) is 6.10 Å². The van der Waals surface area contributed by atoms with Crippen LogP contribution < -0.4 is 5.48 Å². The predicted octanol–water partition coefficient (Wildman–Crippen LogP) is 0.923. The van der Waals surface area contributed by atoms with E-state index >= 15 is 0 Å². The van der Waals surface area contributed by atoms with Crippen molar-refractivity contribution in [1.82, 2.24) is 5.48 Å². The summed E-state index contributed by atoms with van der Waals surface area (Å²) < 4.78 is 10.8. The van der Waals surface area contributed by atoms with Crippen molar-refractivity contribution >= 4 is 0 Å². The highest BCUT2D eigenvalue weighted by atomic mass is 16.7. The van der Waals surface area contributed by atoms with Crippen LogP contribution in [0.25, 0.3) is 0 Å². The zero-order valence-corrected chi connectivity index (χ0v) is 8.74. The van der Waals surface area contributed by atoms with Crippen LogP contribution in [-0.2, 0) is 14.3 Å². The summed E-state index contributed by atoms with van der Waals surface area (Å²) in [6.45, 7) is 6.82. The van der Waals surface area contributed by atoms with Gasteiger partial charge in [0.25, 0.3) is 0 Å². The fourth-order valence-corrected chi connectivity index (χ4v) is 1.51. The van der Waals surface area contributed by atoms with Crippen LogP contribution in [0.4, 0.5) is 0 Å². The number of hydroxylamine groups is 1. The maximum Gasteiger partial charge on any atom is 0.156 e. The Labute approximate surface area is 79.5 Å². The molecule has 0 aromatic heterocycles. The highest BCUT2D eigenvalue weighted by molar-refractivity contribution is 4.80. The normalized spacial score (nSPS) is 40.6. The molecule has 0 amide bonds. The van der Waals surface area contributed by atoms with E-state index in [1.807, 2.05) is 13.8 Å². The topological polar surface area (TPSA) is 39.7 Å². The van der Waals surface area contributed by atoms with Crippen LogP contribution in [0.5, 0.6) is 0 Å². The molecular weight excluding hydrogens is 170 g/mol. The molecule has 0 aromatic rings. The summed E-state index contributed by atoms with van der Waals surface area (Å²) in [6.07, 6.45) is 0.0628. The maximum absolute atomic E-state index is 5.60. The lowest BCUT2D eigenvalue weighted by Crippen LogP contribution is -2.55. The van der Waals surface area contributed by atoms with Crippen molar-refractivity contribution in [3.63, 3.8) is 0 Å². The Morgan fingerprint density at radius 3 is 2.62 bits per heavy atom. The minimum Gasteiger partial charge on any atom is -0.374 e. The number of ether oxygens (including phenoxy) is 2. The van der Waals surface area contributed by atoms with Crippen molar-refractivity contribution in [2.75, 3.05) is 13.7 Å². The third kappa shape index (κ3) is 2.40. The molecule has 0 bridgehead atoms. The van der Waals surface area contributed by atoms with Crippen molar-refractivity contribution in [3.05, 3.63) is 0 Å². The summed E-state index contributed by atoms with van der Waals surface area (Å²) in [5, 5.41) is 0. The Balaban J connectivity index is 2.57. The van der Waals surface area contributed by atoms with Gasteiger partial charge in [-0.2, -0.15) is 5.48 Å². The molecule has 1 fully saturated rings. The van der Waals surface area contributed by atoms with Gasteiger partial charge in [-0.3, -0.25) is 4.84 Å². The number of hydrogen-bond donors (Lipinski definition) is 1. The lowest BCUT2D eigenvalue weighted by Gasteiger charge is -2.39. The van der Waals surface area contributed by atoms with Crippen LogP contribution in [-0.4, -0.2) is 32.2 Å². The molecule has 1 rings (SSSR count). The average Bonchev–Trinajstić information content (AvgIpc) is 2.14. The lowest BCUT2D eigenvalue weighted by molar-refractivity contribution is -0.228. The summed E-state index contributed by atoms with van der Waals surface area (Å²) in [4.78, 5) is 5.32. The summed E-state index contributed by atoms with van der Waals surface area (Å²) in [6, 6.07) is 0. The van der Waals surface area contributed by atoms with E-state index in [2.05, 4.69) is 12.4 Å². The molecule has 1 N–H and O–H groups in total. The quantitative estimate of drug-likeness (QED) is 0.716. The van der Waals surface area contributed by atoms with Crippen molar-refractivity contribution in [2.24, 2.45) is 5.92 Å². The molecule has 0 radical (unpaired) electrons. The van der Waals surface area contributed by atoms with Crippen molar-refractivity contribution in [1.29, 1.82) is 0 Å². The van der Waals surface area contributed by atoms with Gasteiger partial charge < -0.3 is 9.47 Å². The minimum atomic E-state index is -0.161. The van der Waals surface area contributed by atoms with Gasteiger partial charge in [0.05, 0.1) is 6.10 Å². The Morgan fingerprint density at radius 1 is 1.38 bits per heavy atom. The van der Waals surface area contributed by atoms with Gasteiger partial charge in [-0.15, -0.1) is 0 Å². The molecule has 13 heavy (non-hydrogen) atoms. The van der Waals surface area contributed by atoms with Crippen LogP contribution in [0.3, 0.4) is 0 Å². The third-order valence-corrected chi connectivity index (χ3v) is 2.54. The van der Waals surface area contributed by atoms with Gasteiger partial charge in [-0.05, 0) is 13.8 Å². The first-order chi connectivity index (χ1) is 6.20. The van der Waals surface area contributed by atoms with Gasteiger partial charge in [0, 0.05) is 19.6 Å². The molecule has 0 saturated carbocycles. The second kappa shape index (κ2) is 4.91. The van der Waals surface area contributed by atoms with E-state index in [1.54, 1.807) is 7.11 Å². The van der Waals surface area contributed by atoms with Crippen molar-refractivity contribution in [2.45, 2.75) is 39.2 Å². The first kappa shape index (κ1) is 10.9. The first-order valence-electron chi connectivity index (χ1n) is 4.76. The molecular formula is C9H19NO3. The second-order valence-corrected chi connectivity index (χ2v) is 3.38. The fourth-order valence-electron chi connectivity index (χ4n) is 1.51. The molecule has 1 unspecified atom stereocenters. The summed E-state index contributed by atoms with van der Waals surface area (Å²) in [5.41, 5.74) is 2.84. The Bertz CT molecular complexity index is 152. The fraction of sp³-hybridized carbons (Fsp3) is 1.00. The number of rotatable bonds is 3. The van der Waals surface area contributed by atoms with E-state index in [9.17, 15) is 0 Å². The first-order valence-corrected chi connectivity index (χ1v) is 4.76. The Kier molecular flexibility index (Phi) is 4.12. The molecule has 1 aliphatic rings. The average molecular weight is 189 g/mol. The van der Waals surface area contributed by atoms with Gasteiger partial charge in [0.15, 0.2) is 6.23 Å². The maximum atomic E-state index is 5.60. The summed E-state index contributed by atoms with van der Waals surface area (Å²) in [5.74, 6) is 0.339. The molecule has 1 saturated heterocycles. The van der Waals surface area contributed by atoms with E-state index in [0.29, 0.717) is 12.5 Å². The Hall–Kier alpha value is -0.160. The molecule has 1 aliphatic heterocycles. The van der Waals surface area contributed by atoms with Crippen LogP contribution in [0, 0.1) is 5.92 Å². The van der Waals surface area contributed by atoms with E-state index in [1.165, 1.54) is 0 Å². The molecule has 0 aliphatic carbocycles. The molecule has 4 atom stereocenters. The second-order valence-electron chi connectivity index (χ2n) is 3.38. The predicted molar refractivity (Wildman–Crippen MR) is 49.1 cm³/mol. The van der Waals surface area contributed by atoms with E-state index in [4.69, 9.17) is 14.3 Å². The molecule has 4 heteroatoms. The number of nitrogens with one attached hydrogen (secondary N) is 1. The monoisotopic (exact) mass is 189 g/mol. The van der Waals surface area contributed by atoms with Crippen LogP contribution in [0.2, 0.25) is 0 Å². The highest BCUT2D eigenvalue weighted by Gasteiger charge is 2.36. The van der Waals surface area contributed by atoms with Gasteiger partial charge in [0.2, 0.25) is 0 Å². The van der Waals surface area contributed by atoms with Crippen LogP contribution >= 0.6 is 0 Å². The van der Waals surface area contributed by atoms with E-state index in [-0.39, 0.29) is 18.4 Å². The standard InChI is InChI=1S/C9H19NO3/c1-5-12-8-6(2)7(3)13-10-9(8)11-4/h6-10H,5H2,1-4H3/t6?,7-,8+,9+/m0/s1. The van der Waals surface area contributed by atoms with E-state index < -0.39 is 0 Å². The van der Waals surface area contributed by atoms with Gasteiger partial charge in [-0.25, -0.2) is 0 Å². The zero-order chi connectivity index (χ0) is 9.84. The third-order valence-electron chi connectivity index (χ3n) is 2.54. The largest absolute Gasteiger partial charge is 0.374 e. The Morgan fingerprint density at radius 2 is 2.08 bits per heavy atom. The molecule has 0 aromatic carbocycles. The highest BCUT2D eigenvalue weighted by Crippen LogP contribution is 2.22. The SMILES string of the molecule is CCO[C@@H]1C(C)[C@H](C)ON[C@@H]1OC. The lowest BCUT2D eigenvalue weighted by atomic mass is 9.96. The van der Waals surface area contributed by atoms with E-state index in [0.717, 1.165) is 0 Å². The molecule has 4 nitrogen and oxygen atoms in total. The summed E-state index contributed by atoms with van der Waals surface area (Å²) in [7, 11) is 1.65. The number of hydrogen-bond acceptors (Lipinski definition) is 4. The van der Waals surface area contributed by atoms with Crippen LogP contribution in [0.1, 0.15) is 20.8 Å². The van der Waals surface area contributed by atoms with Crippen molar-refractivity contribution < 1.29 is 14.3 Å². The smallest absolute Gasteiger partial charge is 0.156 e. The molecule has 1 heterocycles. The molecule has 0 spiro atoms. The van der Waals surface area contributed by atoms with Crippen LogP contribution in [0.15, 0.2) is 0 Å². The molecule has 78 valence electrons. The van der Waals surface area contributed by atoms with Crippen molar-refractivity contribution in [3.8, 4) is 0 Å².